The maximum atomic E-state index is 12.7. The van der Waals surface area contributed by atoms with Gasteiger partial charge in [-0.1, -0.05) is 24.6 Å². The molecule has 3 aromatic rings. The quantitative estimate of drug-likeness (QED) is 0.701. The minimum absolute atomic E-state index is 0.174. The highest BCUT2D eigenvalue weighted by molar-refractivity contribution is 7.15. The number of nitrogens with one attached hydrogen (secondary N) is 1. The lowest BCUT2D eigenvalue weighted by molar-refractivity contribution is 0.102. The van der Waals surface area contributed by atoms with E-state index in [0.717, 1.165) is 24.5 Å². The van der Waals surface area contributed by atoms with E-state index in [1.165, 1.54) is 24.1 Å². The van der Waals surface area contributed by atoms with E-state index in [4.69, 9.17) is 0 Å². The smallest absolute Gasteiger partial charge is 0.260 e. The lowest BCUT2D eigenvalue weighted by Gasteiger charge is -2.32. The first-order chi connectivity index (χ1) is 13.6. The van der Waals surface area contributed by atoms with Crippen LogP contribution in [0.4, 0.5) is 5.13 Å². The summed E-state index contributed by atoms with van der Waals surface area (Å²) in [6.07, 6.45) is 7.33. The summed E-state index contributed by atoms with van der Waals surface area (Å²) in [6, 6.07) is 10.4. The highest BCUT2D eigenvalue weighted by Crippen LogP contribution is 2.25. The molecule has 0 radical (unpaired) electrons. The maximum absolute atomic E-state index is 12.7. The van der Waals surface area contributed by atoms with Gasteiger partial charge < -0.3 is 0 Å². The number of carbonyl (C=O) groups is 1. The van der Waals surface area contributed by atoms with Crippen LogP contribution in [0.25, 0.3) is 5.69 Å². The molecule has 1 fully saturated rings. The predicted molar refractivity (Wildman–Crippen MR) is 112 cm³/mol. The fourth-order valence-corrected chi connectivity index (χ4v) is 4.49. The fourth-order valence-electron chi connectivity index (χ4n) is 3.66. The summed E-state index contributed by atoms with van der Waals surface area (Å²) in [6.45, 7) is 6.23. The van der Waals surface area contributed by atoms with Crippen LogP contribution in [-0.4, -0.2) is 38.2 Å². The lowest BCUT2D eigenvalue weighted by Crippen LogP contribution is -2.36. The first kappa shape index (κ1) is 18.8. The monoisotopic (exact) mass is 395 g/mol. The molecule has 0 spiro atoms. The lowest BCUT2D eigenvalue weighted by atomic mass is 10.0. The number of carbonyl (C=O) groups excluding carboxylic acids is 1. The van der Waals surface area contributed by atoms with Gasteiger partial charge >= 0.3 is 0 Å². The van der Waals surface area contributed by atoms with Gasteiger partial charge in [0.1, 0.15) is 0 Å². The van der Waals surface area contributed by atoms with Gasteiger partial charge in [-0.3, -0.25) is 15.0 Å². The molecule has 1 aromatic carbocycles. The van der Waals surface area contributed by atoms with Gasteiger partial charge in [-0.25, -0.2) is 9.67 Å². The largest absolute Gasteiger partial charge is 0.298 e. The van der Waals surface area contributed by atoms with E-state index in [1.54, 1.807) is 22.2 Å². The Morgan fingerprint density at radius 1 is 1.25 bits per heavy atom. The molecule has 0 saturated carbocycles. The fraction of sp³-hybridized carbons (Fsp3) is 0.381. The molecular formula is C21H25N5OS. The standard InChI is InChI=1S/C21H25N5OS/c1-15-8-6-7-11-25(15)14-18-12-22-21(28-18)24-20(27)19-13-23-26(16(19)2)17-9-4-3-5-10-17/h3-5,9-10,12-13,15H,6-8,11,14H2,1-2H3,(H,22,24,27). The number of benzene rings is 1. The van der Waals surface area contributed by atoms with Gasteiger partial charge in [-0.15, -0.1) is 11.3 Å². The van der Waals surface area contributed by atoms with E-state index in [-0.39, 0.29) is 5.91 Å². The maximum Gasteiger partial charge on any atom is 0.260 e. The summed E-state index contributed by atoms with van der Waals surface area (Å²) < 4.78 is 1.78. The molecule has 1 amide bonds. The van der Waals surface area contributed by atoms with Gasteiger partial charge in [0.25, 0.3) is 5.91 Å². The number of thiazole rings is 1. The molecule has 1 aliphatic rings. The van der Waals surface area contributed by atoms with Crippen molar-refractivity contribution in [1.82, 2.24) is 19.7 Å². The number of rotatable bonds is 5. The third-order valence-corrected chi connectivity index (χ3v) is 6.23. The number of likely N-dealkylation sites (tertiary alicyclic amines) is 1. The molecule has 146 valence electrons. The van der Waals surface area contributed by atoms with Crippen LogP contribution >= 0.6 is 11.3 Å². The molecule has 1 saturated heterocycles. The molecule has 2 aromatic heterocycles. The van der Waals surface area contributed by atoms with Crippen LogP contribution in [-0.2, 0) is 6.54 Å². The van der Waals surface area contributed by atoms with Crippen LogP contribution in [0.1, 0.15) is 47.1 Å². The minimum atomic E-state index is -0.174. The SMILES string of the molecule is Cc1c(C(=O)Nc2ncc(CN3CCCCC3C)s2)cnn1-c1ccccc1. The summed E-state index contributed by atoms with van der Waals surface area (Å²) in [7, 11) is 0. The second-order valence-corrected chi connectivity index (χ2v) is 8.41. The van der Waals surface area contributed by atoms with E-state index in [9.17, 15) is 4.79 Å². The molecule has 1 atom stereocenters. The average Bonchev–Trinajstić information content (AvgIpc) is 3.30. The number of para-hydroxylation sites is 1. The average molecular weight is 396 g/mol. The van der Waals surface area contributed by atoms with Gasteiger partial charge in [0.2, 0.25) is 0 Å². The van der Waals surface area contributed by atoms with E-state index in [1.807, 2.05) is 43.5 Å². The number of anilines is 1. The van der Waals surface area contributed by atoms with Gasteiger partial charge in [-0.2, -0.15) is 5.10 Å². The minimum Gasteiger partial charge on any atom is -0.298 e. The number of hydrogen-bond donors (Lipinski definition) is 1. The molecule has 1 N–H and O–H groups in total. The molecule has 0 aliphatic carbocycles. The Balaban J connectivity index is 1.43. The molecular weight excluding hydrogens is 370 g/mol. The van der Waals surface area contributed by atoms with Crippen molar-refractivity contribution in [2.45, 2.75) is 45.7 Å². The van der Waals surface area contributed by atoms with Crippen molar-refractivity contribution in [1.29, 1.82) is 0 Å². The van der Waals surface area contributed by atoms with E-state index in [0.29, 0.717) is 16.7 Å². The van der Waals surface area contributed by atoms with Crippen LogP contribution < -0.4 is 5.32 Å². The van der Waals surface area contributed by atoms with E-state index in [2.05, 4.69) is 27.2 Å². The van der Waals surface area contributed by atoms with Crippen LogP contribution in [0, 0.1) is 6.92 Å². The Hall–Kier alpha value is -2.51. The Labute approximate surface area is 169 Å². The molecule has 1 aliphatic heterocycles. The molecule has 3 heterocycles. The highest BCUT2D eigenvalue weighted by Gasteiger charge is 2.20. The van der Waals surface area contributed by atoms with Crippen LogP contribution in [0.5, 0.6) is 0 Å². The Kier molecular flexibility index (Phi) is 5.54. The topological polar surface area (TPSA) is 63.1 Å². The zero-order valence-electron chi connectivity index (χ0n) is 16.3. The molecule has 1 unspecified atom stereocenters. The second-order valence-electron chi connectivity index (χ2n) is 7.29. The van der Waals surface area contributed by atoms with Crippen molar-refractivity contribution in [3.63, 3.8) is 0 Å². The van der Waals surface area contributed by atoms with E-state index >= 15 is 0 Å². The molecule has 0 bridgehead atoms. The van der Waals surface area contributed by atoms with Crippen molar-refractivity contribution in [2.75, 3.05) is 11.9 Å². The summed E-state index contributed by atoms with van der Waals surface area (Å²) >= 11 is 1.55. The molecule has 28 heavy (non-hydrogen) atoms. The van der Waals surface area contributed by atoms with Crippen LogP contribution in [0.2, 0.25) is 0 Å². The number of amides is 1. The predicted octanol–water partition coefficient (Wildman–Crippen LogP) is 4.26. The van der Waals surface area contributed by atoms with Crippen LogP contribution in [0.15, 0.2) is 42.7 Å². The number of piperidine rings is 1. The molecule has 7 heteroatoms. The number of nitrogens with zero attached hydrogens (tertiary/aromatic N) is 4. The number of hydrogen-bond acceptors (Lipinski definition) is 5. The Morgan fingerprint density at radius 2 is 2.07 bits per heavy atom. The van der Waals surface area contributed by atoms with Gasteiger partial charge in [0.15, 0.2) is 5.13 Å². The van der Waals surface area contributed by atoms with Gasteiger partial charge in [0.05, 0.1) is 23.1 Å². The van der Waals surface area contributed by atoms with Gasteiger partial charge in [-0.05, 0) is 45.4 Å². The highest BCUT2D eigenvalue weighted by atomic mass is 32.1. The first-order valence-corrected chi connectivity index (χ1v) is 10.5. The second kappa shape index (κ2) is 8.24. The third-order valence-electron chi connectivity index (χ3n) is 5.33. The van der Waals surface area contributed by atoms with Crippen LogP contribution in [0.3, 0.4) is 0 Å². The number of aromatic nitrogens is 3. The zero-order valence-corrected chi connectivity index (χ0v) is 17.1. The van der Waals surface area contributed by atoms with Crippen molar-refractivity contribution >= 4 is 22.4 Å². The summed E-state index contributed by atoms with van der Waals surface area (Å²) in [5, 5.41) is 7.94. The normalized spacial score (nSPS) is 17.6. The zero-order chi connectivity index (χ0) is 19.5. The summed E-state index contributed by atoms with van der Waals surface area (Å²) in [5.41, 5.74) is 2.30. The Bertz CT molecular complexity index is 949. The molecule has 6 nitrogen and oxygen atoms in total. The van der Waals surface area contributed by atoms with Crippen molar-refractivity contribution < 1.29 is 4.79 Å². The Morgan fingerprint density at radius 3 is 2.86 bits per heavy atom. The summed E-state index contributed by atoms with van der Waals surface area (Å²) in [5.74, 6) is -0.174. The van der Waals surface area contributed by atoms with Crippen molar-refractivity contribution in [3.05, 3.63) is 58.9 Å². The summed E-state index contributed by atoms with van der Waals surface area (Å²) in [4.78, 5) is 20.8. The van der Waals surface area contributed by atoms with E-state index < -0.39 is 0 Å². The van der Waals surface area contributed by atoms with Crippen molar-refractivity contribution in [2.24, 2.45) is 0 Å². The van der Waals surface area contributed by atoms with Crippen molar-refractivity contribution in [3.8, 4) is 5.69 Å². The molecule has 4 rings (SSSR count). The first-order valence-electron chi connectivity index (χ1n) is 9.72. The third kappa shape index (κ3) is 4.00. The van der Waals surface area contributed by atoms with Gasteiger partial charge in [0, 0.05) is 23.7 Å².